The van der Waals surface area contributed by atoms with E-state index in [2.05, 4.69) is 42.6 Å². The second-order valence-electron chi connectivity index (χ2n) is 4.63. The smallest absolute Gasteiger partial charge is 0.0681 e. The fraction of sp³-hybridized carbons (Fsp3) is 0.571. The van der Waals surface area contributed by atoms with Gasteiger partial charge in [-0.25, -0.2) is 0 Å². The minimum absolute atomic E-state index is 0.133. The van der Waals surface area contributed by atoms with Crippen LogP contribution in [0.4, 0.5) is 5.69 Å². The topological polar surface area (TPSA) is 23.5 Å². The minimum Gasteiger partial charge on any atom is -0.392 e. The number of hydrogen-bond acceptors (Lipinski definition) is 3. The van der Waals surface area contributed by atoms with E-state index in [1.54, 1.807) is 0 Å². The third-order valence-corrected chi connectivity index (χ3v) is 4.75. The highest BCUT2D eigenvalue weighted by Gasteiger charge is 2.20. The summed E-state index contributed by atoms with van der Waals surface area (Å²) in [6.45, 7) is 6.83. The molecule has 0 saturated carbocycles. The fourth-order valence-corrected chi connectivity index (χ4v) is 3.54. The summed E-state index contributed by atoms with van der Waals surface area (Å²) < 4.78 is 0. The average Bonchev–Trinajstić information content (AvgIpc) is 2.38. The van der Waals surface area contributed by atoms with Gasteiger partial charge in [-0.1, -0.05) is 19.1 Å². The highest BCUT2D eigenvalue weighted by Crippen LogP contribution is 2.28. The highest BCUT2D eigenvalue weighted by molar-refractivity contribution is 8.00. The molecule has 1 aromatic carbocycles. The molecule has 1 saturated heterocycles. The Bertz CT molecular complexity index is 380. The van der Waals surface area contributed by atoms with Gasteiger partial charge in [-0.15, -0.1) is 0 Å². The fourth-order valence-electron chi connectivity index (χ4n) is 2.36. The van der Waals surface area contributed by atoms with Gasteiger partial charge in [0.05, 0.1) is 6.61 Å². The first kappa shape index (κ1) is 12.8. The number of rotatable bonds is 3. The van der Waals surface area contributed by atoms with Gasteiger partial charge in [0.15, 0.2) is 0 Å². The molecular weight excluding hydrogens is 230 g/mol. The summed E-state index contributed by atoms with van der Waals surface area (Å²) in [4.78, 5) is 2.49. The van der Waals surface area contributed by atoms with E-state index >= 15 is 0 Å². The Morgan fingerprint density at radius 3 is 2.94 bits per heavy atom. The summed E-state index contributed by atoms with van der Waals surface area (Å²) in [7, 11) is 0. The summed E-state index contributed by atoms with van der Waals surface area (Å²) in [6, 6.07) is 6.28. The molecule has 17 heavy (non-hydrogen) atoms. The van der Waals surface area contributed by atoms with Gasteiger partial charge in [0.25, 0.3) is 0 Å². The Morgan fingerprint density at radius 2 is 2.29 bits per heavy atom. The molecule has 3 heteroatoms. The van der Waals surface area contributed by atoms with Crippen molar-refractivity contribution < 1.29 is 5.11 Å². The second kappa shape index (κ2) is 5.78. The van der Waals surface area contributed by atoms with E-state index in [1.165, 1.54) is 23.4 Å². The molecule has 1 aliphatic rings. The van der Waals surface area contributed by atoms with Crippen LogP contribution in [-0.2, 0) is 6.61 Å². The van der Waals surface area contributed by atoms with E-state index in [0.29, 0.717) is 0 Å². The number of aliphatic hydroxyl groups excluding tert-OH is 1. The molecule has 1 N–H and O–H groups in total. The van der Waals surface area contributed by atoms with Crippen LogP contribution in [-0.4, -0.2) is 29.2 Å². The third kappa shape index (κ3) is 2.96. The van der Waals surface area contributed by atoms with Crippen molar-refractivity contribution in [2.45, 2.75) is 32.1 Å². The normalized spacial score (nSPS) is 20.6. The van der Waals surface area contributed by atoms with E-state index in [1.807, 2.05) is 6.07 Å². The predicted octanol–water partition coefficient (Wildman–Crippen LogP) is 2.82. The van der Waals surface area contributed by atoms with Crippen LogP contribution >= 0.6 is 11.8 Å². The van der Waals surface area contributed by atoms with Gasteiger partial charge in [0, 0.05) is 29.8 Å². The lowest BCUT2D eigenvalue weighted by Gasteiger charge is -2.34. The van der Waals surface area contributed by atoms with Gasteiger partial charge >= 0.3 is 0 Å². The third-order valence-electron chi connectivity index (χ3n) is 3.38. The zero-order chi connectivity index (χ0) is 12.3. The Hall–Kier alpha value is -0.670. The van der Waals surface area contributed by atoms with Crippen molar-refractivity contribution in [2.75, 3.05) is 23.7 Å². The molecule has 0 aromatic heterocycles. The van der Waals surface area contributed by atoms with Crippen molar-refractivity contribution >= 4 is 17.4 Å². The lowest BCUT2D eigenvalue weighted by atomic mass is 10.1. The first-order valence-corrected chi connectivity index (χ1v) is 7.36. The Morgan fingerprint density at radius 1 is 1.47 bits per heavy atom. The molecule has 2 nitrogen and oxygen atoms in total. The molecule has 1 aromatic rings. The Kier molecular flexibility index (Phi) is 4.35. The number of benzene rings is 1. The molecule has 1 unspecified atom stereocenters. The average molecular weight is 251 g/mol. The first-order valence-electron chi connectivity index (χ1n) is 6.31. The molecule has 1 atom stereocenters. The van der Waals surface area contributed by atoms with E-state index < -0.39 is 0 Å². The lowest BCUT2D eigenvalue weighted by Crippen LogP contribution is -2.38. The number of aryl methyl sites for hydroxylation is 1. The van der Waals surface area contributed by atoms with Crippen molar-refractivity contribution in [1.82, 2.24) is 0 Å². The quantitative estimate of drug-likeness (QED) is 0.893. The SMILES string of the molecule is CCC1CN(c2ccc(CO)cc2C)CCS1. The summed E-state index contributed by atoms with van der Waals surface area (Å²) in [5.74, 6) is 1.22. The maximum atomic E-state index is 9.13. The molecule has 94 valence electrons. The van der Waals surface area contributed by atoms with Crippen molar-refractivity contribution in [3.63, 3.8) is 0 Å². The van der Waals surface area contributed by atoms with Crippen LogP contribution in [0.3, 0.4) is 0 Å². The summed E-state index contributed by atoms with van der Waals surface area (Å²) in [5.41, 5.74) is 3.61. The largest absolute Gasteiger partial charge is 0.392 e. The Labute approximate surface area is 108 Å². The van der Waals surface area contributed by atoms with E-state index in [4.69, 9.17) is 5.11 Å². The lowest BCUT2D eigenvalue weighted by molar-refractivity contribution is 0.282. The van der Waals surface area contributed by atoms with E-state index in [9.17, 15) is 0 Å². The molecule has 1 fully saturated rings. The molecule has 1 heterocycles. The molecular formula is C14H21NOS. The van der Waals surface area contributed by atoms with Crippen LogP contribution in [0.25, 0.3) is 0 Å². The van der Waals surface area contributed by atoms with Gasteiger partial charge in [-0.05, 0) is 30.5 Å². The Balaban J connectivity index is 2.16. The zero-order valence-electron chi connectivity index (χ0n) is 10.6. The first-order chi connectivity index (χ1) is 8.24. The van der Waals surface area contributed by atoms with Crippen LogP contribution in [0.1, 0.15) is 24.5 Å². The van der Waals surface area contributed by atoms with Gasteiger partial charge in [-0.3, -0.25) is 0 Å². The maximum Gasteiger partial charge on any atom is 0.0681 e. The molecule has 0 aliphatic carbocycles. The van der Waals surface area contributed by atoms with Gasteiger partial charge < -0.3 is 10.0 Å². The minimum atomic E-state index is 0.133. The van der Waals surface area contributed by atoms with E-state index in [0.717, 1.165) is 23.9 Å². The number of hydrogen-bond donors (Lipinski definition) is 1. The van der Waals surface area contributed by atoms with Crippen LogP contribution in [0.5, 0.6) is 0 Å². The number of nitrogens with zero attached hydrogens (tertiary/aromatic N) is 1. The number of aliphatic hydroxyl groups is 1. The van der Waals surface area contributed by atoms with Crippen LogP contribution in [0, 0.1) is 6.92 Å². The second-order valence-corrected chi connectivity index (χ2v) is 6.03. The zero-order valence-corrected chi connectivity index (χ0v) is 11.5. The molecule has 0 bridgehead atoms. The summed E-state index contributed by atoms with van der Waals surface area (Å²) in [5, 5.41) is 9.89. The standard InChI is InChI=1S/C14H21NOS/c1-3-13-9-15(6-7-17-13)14-5-4-12(10-16)8-11(14)2/h4-5,8,13,16H,3,6-7,9-10H2,1-2H3. The van der Waals surface area contributed by atoms with Crippen LogP contribution in [0.15, 0.2) is 18.2 Å². The van der Waals surface area contributed by atoms with Gasteiger partial charge in [0.1, 0.15) is 0 Å². The van der Waals surface area contributed by atoms with Crippen molar-refractivity contribution in [1.29, 1.82) is 0 Å². The van der Waals surface area contributed by atoms with Crippen molar-refractivity contribution in [3.8, 4) is 0 Å². The number of anilines is 1. The number of thioether (sulfide) groups is 1. The monoisotopic (exact) mass is 251 g/mol. The molecule has 2 rings (SSSR count). The molecule has 1 aliphatic heterocycles. The highest BCUT2D eigenvalue weighted by atomic mass is 32.2. The van der Waals surface area contributed by atoms with Crippen LogP contribution in [0.2, 0.25) is 0 Å². The maximum absolute atomic E-state index is 9.13. The molecule has 0 spiro atoms. The van der Waals surface area contributed by atoms with E-state index in [-0.39, 0.29) is 6.61 Å². The summed E-state index contributed by atoms with van der Waals surface area (Å²) >= 11 is 2.09. The summed E-state index contributed by atoms with van der Waals surface area (Å²) in [6.07, 6.45) is 1.24. The van der Waals surface area contributed by atoms with Gasteiger partial charge in [0.2, 0.25) is 0 Å². The predicted molar refractivity (Wildman–Crippen MR) is 75.9 cm³/mol. The molecule has 0 amide bonds. The van der Waals surface area contributed by atoms with Crippen LogP contribution < -0.4 is 4.90 Å². The van der Waals surface area contributed by atoms with Crippen molar-refractivity contribution in [3.05, 3.63) is 29.3 Å². The molecule has 0 radical (unpaired) electrons. The van der Waals surface area contributed by atoms with Gasteiger partial charge in [-0.2, -0.15) is 11.8 Å². The van der Waals surface area contributed by atoms with Crippen molar-refractivity contribution in [2.24, 2.45) is 0 Å².